The third-order valence-electron chi connectivity index (χ3n) is 5.94. The fourth-order valence-corrected chi connectivity index (χ4v) is 5.86. The lowest BCUT2D eigenvalue weighted by Gasteiger charge is -2.35. The van der Waals surface area contributed by atoms with E-state index in [4.69, 9.17) is 13.6 Å². The third-order valence-corrected chi connectivity index (χ3v) is 7.91. The van der Waals surface area contributed by atoms with E-state index >= 15 is 0 Å². The molecule has 1 saturated heterocycles. The van der Waals surface area contributed by atoms with Crippen molar-refractivity contribution >= 4 is 34.6 Å². The summed E-state index contributed by atoms with van der Waals surface area (Å²) in [5, 5.41) is 1.37. The molecule has 1 aliphatic heterocycles. The molecule has 0 bridgehead atoms. The molecule has 0 N–H and O–H groups in total. The quantitative estimate of drug-likeness (QED) is 0.318. The van der Waals surface area contributed by atoms with E-state index in [0.29, 0.717) is 65.6 Å². The Morgan fingerprint density at radius 3 is 2.06 bits per heavy atom. The number of esters is 1. The third kappa shape index (κ3) is 5.13. The number of aryl methyl sites for hydroxylation is 2. The van der Waals surface area contributed by atoms with Gasteiger partial charge in [0.2, 0.25) is 0 Å². The van der Waals surface area contributed by atoms with Gasteiger partial charge in [-0.15, -0.1) is 22.7 Å². The minimum Gasteiger partial charge on any atom is -0.462 e. The maximum atomic E-state index is 13.1. The SMILES string of the molecule is Cc1sc(-c2ccco2)nc1C(=O)OC(C)CN1CCN(C(=O)c2nc(-c3ccco3)sc2C)CC1. The van der Waals surface area contributed by atoms with Crippen LogP contribution in [-0.4, -0.2) is 70.5 Å². The summed E-state index contributed by atoms with van der Waals surface area (Å²) < 4.78 is 16.5. The molecule has 4 aromatic heterocycles. The second-order valence-corrected chi connectivity index (χ2v) is 11.0. The van der Waals surface area contributed by atoms with Crippen molar-refractivity contribution in [2.24, 2.45) is 0 Å². The molecule has 1 aliphatic rings. The predicted octanol–water partition coefficient (Wildman–Crippen LogP) is 4.74. The van der Waals surface area contributed by atoms with Gasteiger partial charge in [0.1, 0.15) is 11.8 Å². The molecule has 9 nitrogen and oxygen atoms in total. The lowest BCUT2D eigenvalue weighted by molar-refractivity contribution is 0.0191. The zero-order valence-electron chi connectivity index (χ0n) is 20.2. The largest absolute Gasteiger partial charge is 0.462 e. The number of carbonyl (C=O) groups excluding carboxylic acids is 2. The van der Waals surface area contributed by atoms with Gasteiger partial charge in [0.05, 0.1) is 12.5 Å². The van der Waals surface area contributed by atoms with Gasteiger partial charge in [-0.2, -0.15) is 0 Å². The van der Waals surface area contributed by atoms with Crippen molar-refractivity contribution in [3.63, 3.8) is 0 Å². The van der Waals surface area contributed by atoms with Crippen molar-refractivity contribution in [2.45, 2.75) is 26.9 Å². The van der Waals surface area contributed by atoms with Gasteiger partial charge >= 0.3 is 5.97 Å². The molecule has 0 aromatic carbocycles. The highest BCUT2D eigenvalue weighted by Crippen LogP contribution is 2.30. The zero-order chi connectivity index (χ0) is 25.2. The number of aromatic nitrogens is 2. The summed E-state index contributed by atoms with van der Waals surface area (Å²) in [7, 11) is 0. The molecule has 5 heterocycles. The van der Waals surface area contributed by atoms with Crippen LogP contribution in [0.2, 0.25) is 0 Å². The van der Waals surface area contributed by atoms with Crippen LogP contribution in [0.15, 0.2) is 45.6 Å². The molecular formula is C25H26N4O5S2. The van der Waals surface area contributed by atoms with Crippen LogP contribution >= 0.6 is 22.7 Å². The summed E-state index contributed by atoms with van der Waals surface area (Å²) in [6, 6.07) is 7.25. The second kappa shape index (κ2) is 10.4. The fraction of sp³-hybridized carbons (Fsp3) is 0.360. The summed E-state index contributed by atoms with van der Waals surface area (Å²) >= 11 is 2.86. The highest BCUT2D eigenvalue weighted by atomic mass is 32.1. The first-order chi connectivity index (χ1) is 17.4. The topological polar surface area (TPSA) is 102 Å². The maximum Gasteiger partial charge on any atom is 0.358 e. The van der Waals surface area contributed by atoms with Crippen LogP contribution in [-0.2, 0) is 4.74 Å². The van der Waals surface area contributed by atoms with Gasteiger partial charge in [0.15, 0.2) is 27.2 Å². The zero-order valence-corrected chi connectivity index (χ0v) is 21.9. The molecule has 188 valence electrons. The van der Waals surface area contributed by atoms with Gasteiger partial charge in [-0.25, -0.2) is 14.8 Å². The molecule has 1 atom stereocenters. The van der Waals surface area contributed by atoms with Gasteiger partial charge in [-0.05, 0) is 45.0 Å². The summed E-state index contributed by atoms with van der Waals surface area (Å²) in [5.41, 5.74) is 0.802. The summed E-state index contributed by atoms with van der Waals surface area (Å²) in [6.07, 6.45) is 2.86. The number of furan rings is 2. The Labute approximate surface area is 216 Å². The number of rotatable bonds is 7. The van der Waals surface area contributed by atoms with Crippen molar-refractivity contribution in [3.05, 3.63) is 57.9 Å². The smallest absolute Gasteiger partial charge is 0.358 e. The van der Waals surface area contributed by atoms with E-state index in [9.17, 15) is 9.59 Å². The first-order valence-corrected chi connectivity index (χ1v) is 13.3. The number of ether oxygens (including phenoxy) is 1. The Balaban J connectivity index is 1.13. The molecular weight excluding hydrogens is 500 g/mol. The van der Waals surface area contributed by atoms with E-state index < -0.39 is 5.97 Å². The Hall–Kier alpha value is -3.28. The summed E-state index contributed by atoms with van der Waals surface area (Å²) in [4.78, 5) is 40.5. The molecule has 1 unspecified atom stereocenters. The first-order valence-electron chi connectivity index (χ1n) is 11.6. The molecule has 0 spiro atoms. The lowest BCUT2D eigenvalue weighted by atomic mass is 10.2. The highest BCUT2D eigenvalue weighted by Gasteiger charge is 2.28. The van der Waals surface area contributed by atoms with E-state index in [1.807, 2.05) is 37.8 Å². The van der Waals surface area contributed by atoms with Gasteiger partial charge < -0.3 is 18.5 Å². The minimum atomic E-state index is -0.436. The number of amides is 1. The van der Waals surface area contributed by atoms with Crippen molar-refractivity contribution < 1.29 is 23.2 Å². The Morgan fingerprint density at radius 1 is 0.944 bits per heavy atom. The molecule has 1 amide bonds. The number of nitrogens with zero attached hydrogens (tertiary/aromatic N) is 4. The number of hydrogen-bond acceptors (Lipinski definition) is 10. The number of hydrogen-bond donors (Lipinski definition) is 0. The van der Waals surface area contributed by atoms with Crippen LogP contribution in [0.3, 0.4) is 0 Å². The molecule has 11 heteroatoms. The molecule has 4 aromatic rings. The van der Waals surface area contributed by atoms with Crippen molar-refractivity contribution in [1.82, 2.24) is 19.8 Å². The van der Waals surface area contributed by atoms with Crippen LogP contribution in [0.4, 0.5) is 0 Å². The fourth-order valence-electron chi connectivity index (χ4n) is 4.11. The predicted molar refractivity (Wildman–Crippen MR) is 136 cm³/mol. The van der Waals surface area contributed by atoms with E-state index in [1.54, 1.807) is 24.7 Å². The number of piperazine rings is 1. The van der Waals surface area contributed by atoms with Crippen LogP contribution in [0, 0.1) is 13.8 Å². The molecule has 36 heavy (non-hydrogen) atoms. The van der Waals surface area contributed by atoms with E-state index in [2.05, 4.69) is 14.9 Å². The maximum absolute atomic E-state index is 13.1. The molecule has 0 saturated carbocycles. The van der Waals surface area contributed by atoms with Crippen LogP contribution in [0.1, 0.15) is 37.7 Å². The second-order valence-electron chi connectivity index (χ2n) is 8.61. The van der Waals surface area contributed by atoms with Crippen LogP contribution in [0.5, 0.6) is 0 Å². The minimum absolute atomic E-state index is 0.0629. The van der Waals surface area contributed by atoms with Gasteiger partial charge in [0.25, 0.3) is 5.91 Å². The van der Waals surface area contributed by atoms with Gasteiger partial charge in [0, 0.05) is 42.5 Å². The molecule has 0 aliphatic carbocycles. The van der Waals surface area contributed by atoms with E-state index in [1.165, 1.54) is 22.7 Å². The monoisotopic (exact) mass is 526 g/mol. The molecule has 5 rings (SSSR count). The Morgan fingerprint density at radius 2 is 1.50 bits per heavy atom. The van der Waals surface area contributed by atoms with Crippen LogP contribution in [0.25, 0.3) is 21.5 Å². The number of carbonyl (C=O) groups is 2. The lowest BCUT2D eigenvalue weighted by Crippen LogP contribution is -2.50. The molecule has 0 radical (unpaired) electrons. The standard InChI is InChI=1S/C25H26N4O5S2/c1-15(34-25(31)21-17(3)36-23(27-21)19-7-5-13-33-19)14-28-8-10-29(11-9-28)24(30)20-16(2)35-22(26-20)18-6-4-12-32-18/h4-7,12-13,15H,8-11,14H2,1-3H3. The van der Waals surface area contributed by atoms with Gasteiger partial charge in [-0.3, -0.25) is 9.69 Å². The van der Waals surface area contributed by atoms with Crippen molar-refractivity contribution in [3.8, 4) is 21.5 Å². The highest BCUT2D eigenvalue weighted by molar-refractivity contribution is 7.15. The normalized spacial score (nSPS) is 15.2. The Kier molecular flexibility index (Phi) is 7.04. The average Bonchev–Trinajstić information content (AvgIpc) is 3.65. The first kappa shape index (κ1) is 24.4. The average molecular weight is 527 g/mol. The van der Waals surface area contributed by atoms with Crippen LogP contribution < -0.4 is 0 Å². The Bertz CT molecular complexity index is 1330. The number of thiazole rings is 2. The summed E-state index contributed by atoms with van der Waals surface area (Å²) in [6.45, 7) is 8.78. The molecule has 1 fully saturated rings. The van der Waals surface area contributed by atoms with E-state index in [0.717, 1.165) is 9.75 Å². The van der Waals surface area contributed by atoms with Gasteiger partial charge in [-0.1, -0.05) is 0 Å². The van der Waals surface area contributed by atoms with E-state index in [-0.39, 0.29) is 12.0 Å². The summed E-state index contributed by atoms with van der Waals surface area (Å²) in [5.74, 6) is 0.800. The van der Waals surface area contributed by atoms with Crippen molar-refractivity contribution in [1.29, 1.82) is 0 Å². The van der Waals surface area contributed by atoms with Crippen molar-refractivity contribution in [2.75, 3.05) is 32.7 Å².